The Morgan fingerprint density at radius 1 is 1.45 bits per heavy atom. The van der Waals surface area contributed by atoms with Crippen LogP contribution < -0.4 is 5.73 Å². The van der Waals surface area contributed by atoms with Crippen LogP contribution >= 0.6 is 23.8 Å². The maximum Gasteiger partial charge on any atom is 0.0863 e. The van der Waals surface area contributed by atoms with Crippen molar-refractivity contribution < 1.29 is 0 Å². The molecule has 0 amide bonds. The van der Waals surface area contributed by atoms with Crippen LogP contribution in [0.2, 0.25) is 5.02 Å². The van der Waals surface area contributed by atoms with Gasteiger partial charge in [0.15, 0.2) is 0 Å². The molecular weight excluding hydrogens is 292 g/mol. The monoisotopic (exact) mass is 316 g/mol. The minimum atomic E-state index is 0.201. The summed E-state index contributed by atoms with van der Waals surface area (Å²) < 4.78 is 2.00. The third kappa shape index (κ3) is 4.17. The van der Waals surface area contributed by atoms with Crippen LogP contribution in [0.25, 0.3) is 0 Å². The smallest absolute Gasteiger partial charge is 0.0863 e. The van der Waals surface area contributed by atoms with Crippen molar-refractivity contribution in [2.24, 2.45) is 11.7 Å². The Bertz CT molecular complexity index is 458. The Balaban J connectivity index is 2.89. The Labute approximate surface area is 132 Å². The number of rotatable bonds is 8. The lowest BCUT2D eigenvalue weighted by atomic mass is 10.1. The van der Waals surface area contributed by atoms with Gasteiger partial charge in [0.25, 0.3) is 0 Å². The van der Waals surface area contributed by atoms with Crippen molar-refractivity contribution in [1.29, 1.82) is 0 Å². The molecule has 0 aromatic carbocycles. The van der Waals surface area contributed by atoms with E-state index < -0.39 is 0 Å². The topological polar surface area (TPSA) is 47.1 Å². The van der Waals surface area contributed by atoms with Gasteiger partial charge in [-0.2, -0.15) is 5.10 Å². The summed E-state index contributed by atoms with van der Waals surface area (Å²) in [5.41, 5.74) is 7.77. The summed E-state index contributed by atoms with van der Waals surface area (Å²) in [7, 11) is 0. The molecule has 0 aliphatic heterocycles. The van der Waals surface area contributed by atoms with Crippen molar-refractivity contribution in [2.45, 2.75) is 47.2 Å². The van der Waals surface area contributed by atoms with Gasteiger partial charge in [-0.15, -0.1) is 0 Å². The largest absolute Gasteiger partial charge is 0.393 e. The van der Waals surface area contributed by atoms with Crippen LogP contribution in [-0.2, 0) is 19.5 Å². The molecule has 0 fully saturated rings. The van der Waals surface area contributed by atoms with E-state index in [1.165, 1.54) is 0 Å². The van der Waals surface area contributed by atoms with E-state index in [0.717, 1.165) is 49.0 Å². The average molecular weight is 317 g/mol. The number of aromatic nitrogens is 2. The van der Waals surface area contributed by atoms with Gasteiger partial charge in [-0.1, -0.05) is 44.6 Å². The van der Waals surface area contributed by atoms with Crippen molar-refractivity contribution in [2.75, 3.05) is 13.1 Å². The Hall–Kier alpha value is -0.650. The van der Waals surface area contributed by atoms with Crippen LogP contribution in [0.15, 0.2) is 0 Å². The molecular formula is C14H25ClN4S. The average Bonchev–Trinajstić information content (AvgIpc) is 2.73. The van der Waals surface area contributed by atoms with Crippen LogP contribution in [0.5, 0.6) is 0 Å². The van der Waals surface area contributed by atoms with Gasteiger partial charge in [0.2, 0.25) is 0 Å². The van der Waals surface area contributed by atoms with E-state index in [4.69, 9.17) is 29.6 Å². The molecule has 4 nitrogen and oxygen atoms in total. The van der Waals surface area contributed by atoms with Gasteiger partial charge in [-0.25, -0.2) is 0 Å². The fraction of sp³-hybridized carbons (Fsp3) is 0.714. The first-order chi connectivity index (χ1) is 9.44. The first-order valence-electron chi connectivity index (χ1n) is 7.20. The molecule has 2 N–H and O–H groups in total. The summed E-state index contributed by atoms with van der Waals surface area (Å²) in [4.78, 5) is 2.87. The van der Waals surface area contributed by atoms with E-state index in [9.17, 15) is 0 Å². The molecule has 1 aromatic rings. The molecule has 1 atom stereocenters. The van der Waals surface area contributed by atoms with E-state index in [1.807, 2.05) is 4.68 Å². The number of aryl methyl sites for hydroxylation is 2. The van der Waals surface area contributed by atoms with Gasteiger partial charge in [-0.3, -0.25) is 9.58 Å². The molecule has 1 rings (SSSR count). The van der Waals surface area contributed by atoms with Crippen molar-refractivity contribution in [3.63, 3.8) is 0 Å². The summed E-state index contributed by atoms with van der Waals surface area (Å²) in [5, 5.41) is 5.36. The lowest BCUT2D eigenvalue weighted by Crippen LogP contribution is -2.34. The van der Waals surface area contributed by atoms with Gasteiger partial charge in [-0.05, 0) is 19.9 Å². The zero-order valence-corrected chi connectivity index (χ0v) is 14.4. The van der Waals surface area contributed by atoms with Crippen LogP contribution in [0.4, 0.5) is 0 Å². The molecule has 0 bridgehead atoms. The molecule has 20 heavy (non-hydrogen) atoms. The highest BCUT2D eigenvalue weighted by molar-refractivity contribution is 7.80. The van der Waals surface area contributed by atoms with Crippen molar-refractivity contribution in [1.82, 2.24) is 14.7 Å². The van der Waals surface area contributed by atoms with Gasteiger partial charge in [0.1, 0.15) is 0 Å². The lowest BCUT2D eigenvalue weighted by Gasteiger charge is -2.24. The van der Waals surface area contributed by atoms with E-state index >= 15 is 0 Å². The molecule has 114 valence electrons. The molecule has 0 aliphatic rings. The number of thiocarbonyl (C=S) groups is 1. The van der Waals surface area contributed by atoms with E-state index in [2.05, 4.69) is 37.7 Å². The maximum absolute atomic E-state index is 6.45. The highest BCUT2D eigenvalue weighted by Crippen LogP contribution is 2.23. The van der Waals surface area contributed by atoms with Crippen LogP contribution in [-0.4, -0.2) is 32.8 Å². The molecule has 0 spiro atoms. The summed E-state index contributed by atoms with van der Waals surface area (Å²) >= 11 is 11.5. The van der Waals surface area contributed by atoms with E-state index in [0.29, 0.717) is 4.99 Å². The molecule has 1 unspecified atom stereocenters. The summed E-state index contributed by atoms with van der Waals surface area (Å²) in [6.07, 6.45) is 0.855. The lowest BCUT2D eigenvalue weighted by molar-refractivity contribution is 0.256. The highest BCUT2D eigenvalue weighted by Gasteiger charge is 2.18. The minimum absolute atomic E-state index is 0.201. The second kappa shape index (κ2) is 7.96. The highest BCUT2D eigenvalue weighted by atomic mass is 35.5. The molecule has 1 aromatic heterocycles. The zero-order valence-electron chi connectivity index (χ0n) is 12.8. The molecule has 0 saturated heterocycles. The number of hydrogen-bond donors (Lipinski definition) is 1. The SMILES string of the molecule is CCc1nn(CC)c(CN(CC)CC(C)C(N)=S)c1Cl. The van der Waals surface area contributed by atoms with Crippen LogP contribution in [0.3, 0.4) is 0 Å². The van der Waals surface area contributed by atoms with E-state index in [1.54, 1.807) is 0 Å². The van der Waals surface area contributed by atoms with Gasteiger partial charge >= 0.3 is 0 Å². The standard InChI is InChI=1S/C14H25ClN4S/c1-5-11-13(15)12(19(7-3)17-11)9-18(6-2)8-10(4)14(16)20/h10H,5-9H2,1-4H3,(H2,16,20). The van der Waals surface area contributed by atoms with Gasteiger partial charge in [0, 0.05) is 25.6 Å². The third-order valence-electron chi connectivity index (χ3n) is 3.53. The predicted octanol–water partition coefficient (Wildman–Crippen LogP) is 2.86. The molecule has 6 heteroatoms. The number of nitrogens with zero attached hydrogens (tertiary/aromatic N) is 3. The second-order valence-corrected chi connectivity index (χ2v) is 5.86. The molecule has 0 saturated carbocycles. The van der Waals surface area contributed by atoms with E-state index in [-0.39, 0.29) is 5.92 Å². The minimum Gasteiger partial charge on any atom is -0.393 e. The first kappa shape index (κ1) is 17.4. The van der Waals surface area contributed by atoms with Crippen LogP contribution in [0.1, 0.15) is 39.1 Å². The summed E-state index contributed by atoms with van der Waals surface area (Å²) in [6, 6.07) is 0. The normalized spacial score (nSPS) is 12.9. The quantitative estimate of drug-likeness (QED) is 0.749. The van der Waals surface area contributed by atoms with Crippen LogP contribution in [0, 0.1) is 5.92 Å². The predicted molar refractivity (Wildman–Crippen MR) is 89.2 cm³/mol. The maximum atomic E-state index is 6.45. The summed E-state index contributed by atoms with van der Waals surface area (Å²) in [5.74, 6) is 0.201. The second-order valence-electron chi connectivity index (χ2n) is 5.01. The van der Waals surface area contributed by atoms with Crippen molar-refractivity contribution >= 4 is 28.8 Å². The Morgan fingerprint density at radius 2 is 2.10 bits per heavy atom. The fourth-order valence-corrected chi connectivity index (χ4v) is 2.57. The number of halogens is 1. The fourth-order valence-electron chi connectivity index (χ4n) is 2.16. The van der Waals surface area contributed by atoms with Gasteiger partial charge < -0.3 is 5.73 Å². The summed E-state index contributed by atoms with van der Waals surface area (Å²) in [6.45, 7) is 11.7. The Morgan fingerprint density at radius 3 is 2.55 bits per heavy atom. The molecule has 1 heterocycles. The van der Waals surface area contributed by atoms with Gasteiger partial charge in [0.05, 0.1) is 21.4 Å². The third-order valence-corrected chi connectivity index (χ3v) is 4.37. The molecule has 0 aliphatic carbocycles. The Kier molecular flexibility index (Phi) is 6.92. The van der Waals surface area contributed by atoms with Crippen molar-refractivity contribution in [3.8, 4) is 0 Å². The zero-order chi connectivity index (χ0) is 15.3. The van der Waals surface area contributed by atoms with Crippen molar-refractivity contribution in [3.05, 3.63) is 16.4 Å². The number of nitrogens with two attached hydrogens (primary N) is 1. The first-order valence-corrected chi connectivity index (χ1v) is 7.98. The molecule has 0 radical (unpaired) electrons. The number of hydrogen-bond acceptors (Lipinski definition) is 3.